The van der Waals surface area contributed by atoms with E-state index in [9.17, 15) is 4.79 Å². The summed E-state index contributed by atoms with van der Waals surface area (Å²) in [5, 5.41) is 0.895. The summed E-state index contributed by atoms with van der Waals surface area (Å²) in [6.07, 6.45) is 3.43. The molecule has 2 N–H and O–H groups in total. The van der Waals surface area contributed by atoms with Gasteiger partial charge in [-0.3, -0.25) is 9.78 Å². The van der Waals surface area contributed by atoms with Gasteiger partial charge in [0.15, 0.2) is 0 Å². The fraction of sp³-hybridized carbons (Fsp3) is 0.125. The Hall–Kier alpha value is -2.40. The summed E-state index contributed by atoms with van der Waals surface area (Å²) in [6, 6.07) is 11.7. The number of thiophene rings is 1. The maximum Gasteiger partial charge on any atom is 0.266 e. The molecule has 1 amide bonds. The summed E-state index contributed by atoms with van der Waals surface area (Å²) in [4.78, 5) is 18.9. The molecule has 0 aliphatic heterocycles. The number of nitrogens with zero attached hydrogens (tertiary/aromatic N) is 2. The van der Waals surface area contributed by atoms with Crippen LogP contribution in [0.3, 0.4) is 0 Å². The van der Waals surface area contributed by atoms with E-state index < -0.39 is 0 Å². The van der Waals surface area contributed by atoms with Crippen LogP contribution in [0.4, 0.5) is 5.69 Å². The first-order valence-electron chi connectivity index (χ1n) is 6.58. The normalized spacial score (nSPS) is 10.7. The van der Waals surface area contributed by atoms with Gasteiger partial charge in [0.1, 0.15) is 4.88 Å². The molecule has 0 saturated carbocycles. The molecule has 0 unspecified atom stereocenters. The molecule has 0 spiro atoms. The van der Waals surface area contributed by atoms with Crippen LogP contribution < -0.4 is 5.73 Å². The van der Waals surface area contributed by atoms with Crippen LogP contribution in [0.1, 0.15) is 15.2 Å². The van der Waals surface area contributed by atoms with Gasteiger partial charge in [0.25, 0.3) is 5.91 Å². The fourth-order valence-corrected chi connectivity index (χ4v) is 3.32. The molecule has 2 heterocycles. The SMILES string of the molecule is CN(Cc1ccccc1)C(=O)c1sc2cnccc2c1N. The average Bonchev–Trinajstić information content (AvgIpc) is 2.85. The van der Waals surface area contributed by atoms with E-state index in [1.165, 1.54) is 11.3 Å². The molecule has 0 bridgehead atoms. The van der Waals surface area contributed by atoms with Gasteiger partial charge >= 0.3 is 0 Å². The van der Waals surface area contributed by atoms with Crippen LogP contribution in [-0.4, -0.2) is 22.8 Å². The molecule has 2 aromatic heterocycles. The Bertz CT molecular complexity index is 783. The molecular weight excluding hydrogens is 282 g/mol. The van der Waals surface area contributed by atoms with Crippen molar-refractivity contribution in [3.63, 3.8) is 0 Å². The third-order valence-electron chi connectivity index (χ3n) is 3.33. The van der Waals surface area contributed by atoms with E-state index >= 15 is 0 Å². The van der Waals surface area contributed by atoms with Gasteiger partial charge < -0.3 is 10.6 Å². The summed E-state index contributed by atoms with van der Waals surface area (Å²) in [7, 11) is 1.79. The molecule has 1 aromatic carbocycles. The second-order valence-electron chi connectivity index (χ2n) is 4.86. The van der Waals surface area contributed by atoms with Crippen LogP contribution in [0.5, 0.6) is 0 Å². The van der Waals surface area contributed by atoms with Crippen LogP contribution in [0, 0.1) is 0 Å². The van der Waals surface area contributed by atoms with Gasteiger partial charge in [-0.15, -0.1) is 11.3 Å². The molecule has 0 aliphatic carbocycles. The first-order chi connectivity index (χ1) is 10.2. The third-order valence-corrected chi connectivity index (χ3v) is 4.48. The lowest BCUT2D eigenvalue weighted by atomic mass is 10.2. The highest BCUT2D eigenvalue weighted by Crippen LogP contribution is 2.33. The number of amides is 1. The summed E-state index contributed by atoms with van der Waals surface area (Å²) < 4.78 is 0.937. The average molecular weight is 297 g/mol. The van der Waals surface area contributed by atoms with Crippen LogP contribution in [0.15, 0.2) is 48.8 Å². The zero-order chi connectivity index (χ0) is 14.8. The second-order valence-corrected chi connectivity index (χ2v) is 5.92. The Balaban J connectivity index is 1.88. The largest absolute Gasteiger partial charge is 0.397 e. The van der Waals surface area contributed by atoms with Gasteiger partial charge in [-0.1, -0.05) is 30.3 Å². The van der Waals surface area contributed by atoms with E-state index in [4.69, 9.17) is 5.73 Å². The number of anilines is 1. The highest BCUT2D eigenvalue weighted by molar-refractivity contribution is 7.21. The molecule has 3 rings (SSSR count). The lowest BCUT2D eigenvalue weighted by Gasteiger charge is -2.16. The van der Waals surface area contributed by atoms with Crippen LogP contribution in [0.2, 0.25) is 0 Å². The van der Waals surface area contributed by atoms with E-state index in [1.54, 1.807) is 24.3 Å². The van der Waals surface area contributed by atoms with Crippen molar-refractivity contribution >= 4 is 33.0 Å². The number of benzene rings is 1. The van der Waals surface area contributed by atoms with Crippen molar-refractivity contribution in [1.82, 2.24) is 9.88 Å². The fourth-order valence-electron chi connectivity index (χ4n) is 2.23. The summed E-state index contributed by atoms with van der Waals surface area (Å²) in [5.74, 6) is -0.0578. The number of hydrogen-bond acceptors (Lipinski definition) is 4. The summed E-state index contributed by atoms with van der Waals surface area (Å²) in [6.45, 7) is 0.561. The molecule has 5 heteroatoms. The number of nitrogen functional groups attached to an aromatic ring is 1. The van der Waals surface area contributed by atoms with E-state index in [2.05, 4.69) is 4.98 Å². The Kier molecular flexibility index (Phi) is 3.58. The van der Waals surface area contributed by atoms with Crippen molar-refractivity contribution in [2.24, 2.45) is 0 Å². The number of pyridine rings is 1. The van der Waals surface area contributed by atoms with Gasteiger partial charge in [-0.2, -0.15) is 0 Å². The van der Waals surface area contributed by atoms with E-state index in [1.807, 2.05) is 36.4 Å². The van der Waals surface area contributed by atoms with Gasteiger partial charge in [0, 0.05) is 31.4 Å². The Labute approximate surface area is 126 Å². The molecule has 4 nitrogen and oxygen atoms in total. The third kappa shape index (κ3) is 2.60. The topological polar surface area (TPSA) is 59.2 Å². The molecule has 0 aliphatic rings. The molecule has 3 aromatic rings. The van der Waals surface area contributed by atoms with Crippen molar-refractivity contribution in [1.29, 1.82) is 0 Å². The number of fused-ring (bicyclic) bond motifs is 1. The number of carbonyl (C=O) groups is 1. The second kappa shape index (κ2) is 5.54. The number of carbonyl (C=O) groups excluding carboxylic acids is 1. The smallest absolute Gasteiger partial charge is 0.266 e. The van der Waals surface area contributed by atoms with Crippen molar-refractivity contribution < 1.29 is 4.79 Å². The zero-order valence-electron chi connectivity index (χ0n) is 11.6. The van der Waals surface area contributed by atoms with E-state index in [0.717, 1.165) is 15.6 Å². The van der Waals surface area contributed by atoms with Gasteiger partial charge in [0.05, 0.1) is 10.4 Å². The standard InChI is InChI=1S/C16H15N3OS/c1-19(10-11-5-3-2-4-6-11)16(20)15-14(17)12-7-8-18-9-13(12)21-15/h2-9H,10,17H2,1H3. The lowest BCUT2D eigenvalue weighted by Crippen LogP contribution is -2.26. The molecule has 0 radical (unpaired) electrons. The Morgan fingerprint density at radius 1 is 1.29 bits per heavy atom. The highest BCUT2D eigenvalue weighted by Gasteiger charge is 2.19. The predicted octanol–water partition coefficient (Wildman–Crippen LogP) is 3.15. The van der Waals surface area contributed by atoms with E-state index in [-0.39, 0.29) is 5.91 Å². The van der Waals surface area contributed by atoms with Gasteiger partial charge in [-0.05, 0) is 11.6 Å². The minimum atomic E-state index is -0.0578. The predicted molar refractivity (Wildman–Crippen MR) is 86.3 cm³/mol. The summed E-state index contributed by atoms with van der Waals surface area (Å²) in [5.41, 5.74) is 7.74. The lowest BCUT2D eigenvalue weighted by molar-refractivity contribution is 0.0791. The highest BCUT2D eigenvalue weighted by atomic mass is 32.1. The number of aromatic nitrogens is 1. The molecular formula is C16H15N3OS. The van der Waals surface area contributed by atoms with Crippen LogP contribution in [-0.2, 0) is 6.54 Å². The number of hydrogen-bond donors (Lipinski definition) is 1. The number of rotatable bonds is 3. The monoisotopic (exact) mass is 297 g/mol. The summed E-state index contributed by atoms with van der Waals surface area (Å²) >= 11 is 1.39. The molecule has 0 atom stereocenters. The molecule has 106 valence electrons. The minimum Gasteiger partial charge on any atom is -0.397 e. The Morgan fingerprint density at radius 3 is 2.76 bits per heavy atom. The van der Waals surface area contributed by atoms with Gasteiger partial charge in [0.2, 0.25) is 0 Å². The van der Waals surface area contributed by atoms with Crippen LogP contribution in [0.25, 0.3) is 10.1 Å². The van der Waals surface area contributed by atoms with Crippen molar-refractivity contribution in [2.45, 2.75) is 6.54 Å². The molecule has 0 fully saturated rings. The quantitative estimate of drug-likeness (QED) is 0.808. The molecule has 0 saturated heterocycles. The maximum atomic E-state index is 12.6. The zero-order valence-corrected chi connectivity index (χ0v) is 12.4. The first kappa shape index (κ1) is 13.6. The van der Waals surface area contributed by atoms with Gasteiger partial charge in [-0.25, -0.2) is 0 Å². The van der Waals surface area contributed by atoms with Crippen molar-refractivity contribution in [3.8, 4) is 0 Å². The maximum absolute atomic E-state index is 12.6. The number of nitrogens with two attached hydrogens (primary N) is 1. The first-order valence-corrected chi connectivity index (χ1v) is 7.40. The van der Waals surface area contributed by atoms with Crippen molar-refractivity contribution in [3.05, 3.63) is 59.2 Å². The minimum absolute atomic E-state index is 0.0578. The Morgan fingerprint density at radius 2 is 2.05 bits per heavy atom. The van der Waals surface area contributed by atoms with Crippen LogP contribution >= 0.6 is 11.3 Å². The van der Waals surface area contributed by atoms with E-state index in [0.29, 0.717) is 17.1 Å². The molecule has 21 heavy (non-hydrogen) atoms. The van der Waals surface area contributed by atoms with Crippen molar-refractivity contribution in [2.75, 3.05) is 12.8 Å².